The molecule has 0 atom stereocenters. The molecule has 4 rings (SSSR count). The summed E-state index contributed by atoms with van der Waals surface area (Å²) in [6.07, 6.45) is 5.92. The Bertz CT molecular complexity index is 1150. The molecule has 4 aromatic rings. The Labute approximate surface area is 173 Å². The number of para-hydroxylation sites is 1. The van der Waals surface area contributed by atoms with Crippen molar-refractivity contribution in [1.29, 1.82) is 0 Å². The first-order valence-electron chi connectivity index (χ1n) is 9.40. The van der Waals surface area contributed by atoms with Crippen molar-refractivity contribution in [3.63, 3.8) is 0 Å². The number of hydrogen-bond acceptors (Lipinski definition) is 5. The normalized spacial score (nSPS) is 10.5. The number of furan rings is 1. The molecule has 0 unspecified atom stereocenters. The van der Waals surface area contributed by atoms with Crippen LogP contribution in [0.2, 0.25) is 0 Å². The largest absolute Gasteiger partial charge is 0.485 e. The highest BCUT2D eigenvalue weighted by atomic mass is 16.5. The van der Waals surface area contributed by atoms with E-state index in [0.29, 0.717) is 18.0 Å². The van der Waals surface area contributed by atoms with E-state index in [0.717, 1.165) is 22.6 Å². The molecular weight excluding hydrogens is 380 g/mol. The van der Waals surface area contributed by atoms with Crippen LogP contribution < -0.4 is 10.1 Å². The molecule has 7 nitrogen and oxygen atoms in total. The minimum atomic E-state index is -0.388. The van der Waals surface area contributed by atoms with Gasteiger partial charge in [0, 0.05) is 24.0 Å². The predicted octanol–water partition coefficient (Wildman–Crippen LogP) is 4.62. The Balaban J connectivity index is 1.38. The van der Waals surface area contributed by atoms with Gasteiger partial charge in [-0.15, -0.1) is 6.58 Å². The molecule has 3 heterocycles. The fourth-order valence-electron chi connectivity index (χ4n) is 2.94. The van der Waals surface area contributed by atoms with Crippen LogP contribution in [0, 0.1) is 0 Å². The van der Waals surface area contributed by atoms with Crippen molar-refractivity contribution in [2.24, 2.45) is 0 Å². The van der Waals surface area contributed by atoms with Gasteiger partial charge in [0.15, 0.2) is 11.6 Å². The summed E-state index contributed by atoms with van der Waals surface area (Å²) in [7, 11) is 0. The Morgan fingerprint density at radius 3 is 2.83 bits per heavy atom. The average Bonchev–Trinajstić information content (AvgIpc) is 3.44. The Morgan fingerprint density at radius 2 is 2.00 bits per heavy atom. The summed E-state index contributed by atoms with van der Waals surface area (Å²) in [5.74, 6) is 1.51. The maximum atomic E-state index is 12.5. The summed E-state index contributed by atoms with van der Waals surface area (Å²) in [6, 6.07) is 16.5. The lowest BCUT2D eigenvalue weighted by molar-refractivity contribution is 0.0992. The van der Waals surface area contributed by atoms with Gasteiger partial charge in [0.2, 0.25) is 0 Å². The predicted molar refractivity (Wildman–Crippen MR) is 113 cm³/mol. The fraction of sp³-hybridized carbons (Fsp3) is 0.0870. The molecule has 0 aliphatic heterocycles. The van der Waals surface area contributed by atoms with Gasteiger partial charge in [-0.05, 0) is 42.3 Å². The van der Waals surface area contributed by atoms with Crippen LogP contribution in [0.5, 0.6) is 5.75 Å². The van der Waals surface area contributed by atoms with E-state index in [1.165, 1.54) is 0 Å². The number of H-pyrrole nitrogens is 1. The van der Waals surface area contributed by atoms with E-state index in [1.54, 1.807) is 30.6 Å². The topological polar surface area (TPSA) is 93.0 Å². The second-order valence-electron chi connectivity index (χ2n) is 6.51. The lowest BCUT2D eigenvalue weighted by Gasteiger charge is -2.08. The Morgan fingerprint density at radius 1 is 1.17 bits per heavy atom. The van der Waals surface area contributed by atoms with E-state index in [-0.39, 0.29) is 18.3 Å². The molecule has 7 heteroatoms. The molecule has 0 bridgehead atoms. The molecule has 0 saturated carbocycles. The highest BCUT2D eigenvalue weighted by molar-refractivity contribution is 6.01. The van der Waals surface area contributed by atoms with Crippen molar-refractivity contribution in [3.05, 3.63) is 96.7 Å². The number of amides is 1. The van der Waals surface area contributed by atoms with Crippen molar-refractivity contribution in [2.45, 2.75) is 13.0 Å². The van der Waals surface area contributed by atoms with Crippen LogP contribution in [0.3, 0.4) is 0 Å². The third-order valence-corrected chi connectivity index (χ3v) is 4.40. The number of allylic oxidation sites excluding steroid dienone is 1. The lowest BCUT2D eigenvalue weighted by atomic mass is 10.1. The number of rotatable bonds is 8. The van der Waals surface area contributed by atoms with Crippen LogP contribution in [0.4, 0.5) is 5.82 Å². The molecule has 1 aromatic carbocycles. The number of pyridine rings is 1. The highest BCUT2D eigenvalue weighted by Gasteiger charge is 2.14. The molecule has 150 valence electrons. The zero-order chi connectivity index (χ0) is 20.8. The highest BCUT2D eigenvalue weighted by Crippen LogP contribution is 2.22. The monoisotopic (exact) mass is 400 g/mol. The van der Waals surface area contributed by atoms with Crippen molar-refractivity contribution < 1.29 is 13.9 Å². The van der Waals surface area contributed by atoms with E-state index in [1.807, 2.05) is 42.5 Å². The second kappa shape index (κ2) is 8.91. The van der Waals surface area contributed by atoms with Crippen LogP contribution >= 0.6 is 0 Å². The van der Waals surface area contributed by atoms with Gasteiger partial charge in [0.25, 0.3) is 5.91 Å². The molecule has 0 fully saturated rings. The van der Waals surface area contributed by atoms with Gasteiger partial charge in [0.05, 0.1) is 5.69 Å². The quantitative estimate of drug-likeness (QED) is 0.421. The maximum absolute atomic E-state index is 12.5. The molecule has 2 N–H and O–H groups in total. The van der Waals surface area contributed by atoms with Crippen molar-refractivity contribution in [3.8, 4) is 17.0 Å². The zero-order valence-electron chi connectivity index (χ0n) is 16.2. The minimum Gasteiger partial charge on any atom is -0.485 e. The first-order chi connectivity index (χ1) is 14.7. The van der Waals surface area contributed by atoms with Gasteiger partial charge < -0.3 is 14.5 Å². The summed E-state index contributed by atoms with van der Waals surface area (Å²) >= 11 is 0. The van der Waals surface area contributed by atoms with E-state index in [4.69, 9.17) is 9.15 Å². The number of benzene rings is 1. The van der Waals surface area contributed by atoms with Crippen LogP contribution in [-0.4, -0.2) is 21.1 Å². The third kappa shape index (κ3) is 4.47. The van der Waals surface area contributed by atoms with E-state index in [2.05, 4.69) is 27.1 Å². The molecule has 3 aromatic heterocycles. The number of nitrogens with zero attached hydrogens (tertiary/aromatic N) is 2. The Hall–Kier alpha value is -4.13. The summed E-state index contributed by atoms with van der Waals surface area (Å²) < 4.78 is 11.5. The lowest BCUT2D eigenvalue weighted by Crippen LogP contribution is -2.11. The van der Waals surface area contributed by atoms with Crippen LogP contribution in [-0.2, 0) is 13.0 Å². The van der Waals surface area contributed by atoms with Gasteiger partial charge in [-0.1, -0.05) is 24.3 Å². The van der Waals surface area contributed by atoms with Crippen LogP contribution in [0.1, 0.15) is 21.9 Å². The first kappa shape index (κ1) is 19.2. The second-order valence-corrected chi connectivity index (χ2v) is 6.51. The smallest absolute Gasteiger partial charge is 0.292 e. The number of carbonyl (C=O) groups is 1. The first-order valence-corrected chi connectivity index (χ1v) is 9.40. The molecule has 0 aliphatic rings. The summed E-state index contributed by atoms with van der Waals surface area (Å²) in [6.45, 7) is 3.98. The number of anilines is 1. The molecular formula is C23H20N4O3. The number of aromatic nitrogens is 3. The molecule has 0 radical (unpaired) electrons. The number of hydrogen-bond donors (Lipinski definition) is 2. The summed E-state index contributed by atoms with van der Waals surface area (Å²) in [4.78, 5) is 16.5. The van der Waals surface area contributed by atoms with Crippen LogP contribution in [0.25, 0.3) is 11.3 Å². The summed E-state index contributed by atoms with van der Waals surface area (Å²) in [5.41, 5.74) is 2.74. The summed E-state index contributed by atoms with van der Waals surface area (Å²) in [5, 5.41) is 9.72. The molecule has 30 heavy (non-hydrogen) atoms. The minimum absolute atomic E-state index is 0.182. The van der Waals surface area contributed by atoms with Crippen LogP contribution in [0.15, 0.2) is 84.1 Å². The van der Waals surface area contributed by atoms with Gasteiger partial charge in [-0.3, -0.25) is 14.9 Å². The molecule has 0 spiro atoms. The molecule has 0 saturated heterocycles. The average molecular weight is 400 g/mol. The standard InChI is InChI=1S/C23H20N4O3/c1-2-5-17-6-3-4-7-20(17)29-15-18-8-9-21(30-18)23(28)25-22-14-19(26-27-22)16-10-12-24-13-11-16/h2-4,6-14H,1,5,15H2,(H2,25,26,27,28). The van der Waals surface area contributed by atoms with Gasteiger partial charge in [-0.2, -0.15) is 5.10 Å². The number of carbonyl (C=O) groups excluding carboxylic acids is 1. The molecule has 1 amide bonds. The van der Waals surface area contributed by atoms with E-state index >= 15 is 0 Å². The fourth-order valence-corrected chi connectivity index (χ4v) is 2.94. The number of aromatic amines is 1. The molecule has 0 aliphatic carbocycles. The van der Waals surface area contributed by atoms with E-state index in [9.17, 15) is 4.79 Å². The third-order valence-electron chi connectivity index (χ3n) is 4.40. The SMILES string of the molecule is C=CCc1ccccc1OCc1ccc(C(=O)Nc2cc(-c3ccncc3)[nH]n2)o1. The van der Waals surface area contributed by atoms with Crippen molar-refractivity contribution in [1.82, 2.24) is 15.2 Å². The number of nitrogens with one attached hydrogen (secondary N) is 2. The Kier molecular flexibility index (Phi) is 5.70. The zero-order valence-corrected chi connectivity index (χ0v) is 16.2. The van der Waals surface area contributed by atoms with Gasteiger partial charge in [-0.25, -0.2) is 0 Å². The van der Waals surface area contributed by atoms with Crippen molar-refractivity contribution in [2.75, 3.05) is 5.32 Å². The van der Waals surface area contributed by atoms with Crippen molar-refractivity contribution >= 4 is 11.7 Å². The van der Waals surface area contributed by atoms with Gasteiger partial charge in [0.1, 0.15) is 18.1 Å². The maximum Gasteiger partial charge on any atom is 0.292 e. The number of ether oxygens (including phenoxy) is 1. The van der Waals surface area contributed by atoms with E-state index < -0.39 is 0 Å². The van der Waals surface area contributed by atoms with Gasteiger partial charge >= 0.3 is 0 Å².